The Kier molecular flexibility index (Phi) is 11.8. The lowest BCUT2D eigenvalue weighted by molar-refractivity contribution is -0.115. The van der Waals surface area contributed by atoms with Crippen LogP contribution in [0, 0.1) is 6.92 Å². The molecular formula is C38H44BrN5O4. The van der Waals surface area contributed by atoms with E-state index in [9.17, 15) is 19.5 Å². The Labute approximate surface area is 291 Å². The fraction of sp³-hybridized carbons (Fsp3) is 0.368. The maximum Gasteiger partial charge on any atom is 0.274 e. The highest BCUT2D eigenvalue weighted by atomic mass is 79.9. The van der Waals surface area contributed by atoms with E-state index in [4.69, 9.17) is 5.10 Å². The third-order valence-corrected chi connectivity index (χ3v) is 9.27. The first-order valence-electron chi connectivity index (χ1n) is 16.8. The molecule has 10 heteroatoms. The van der Waals surface area contributed by atoms with Gasteiger partial charge in [-0.2, -0.15) is 5.10 Å². The van der Waals surface area contributed by atoms with Crippen LogP contribution in [0.3, 0.4) is 0 Å². The van der Waals surface area contributed by atoms with Crippen molar-refractivity contribution in [2.45, 2.75) is 71.9 Å². The quantitative estimate of drug-likeness (QED) is 0.160. The normalized spacial score (nSPS) is 14.0. The Morgan fingerprint density at radius 3 is 2.38 bits per heavy atom. The summed E-state index contributed by atoms with van der Waals surface area (Å²) in [5.74, 6) is -0.644. The van der Waals surface area contributed by atoms with E-state index in [-0.39, 0.29) is 30.7 Å². The molecule has 0 saturated carbocycles. The van der Waals surface area contributed by atoms with Gasteiger partial charge in [0, 0.05) is 35.5 Å². The lowest BCUT2D eigenvalue weighted by Gasteiger charge is -2.36. The van der Waals surface area contributed by atoms with Crippen LogP contribution in [0.1, 0.15) is 82.8 Å². The average molecular weight is 715 g/mol. The van der Waals surface area contributed by atoms with Crippen LogP contribution in [-0.4, -0.2) is 68.1 Å². The summed E-state index contributed by atoms with van der Waals surface area (Å²) in [7, 11) is 0. The van der Waals surface area contributed by atoms with Crippen molar-refractivity contribution in [2.75, 3.05) is 25.0 Å². The molecular weight excluding hydrogens is 670 g/mol. The van der Waals surface area contributed by atoms with Gasteiger partial charge in [-0.1, -0.05) is 79.0 Å². The minimum Gasteiger partial charge on any atom is -0.394 e. The molecule has 1 aliphatic rings. The first-order valence-corrected chi connectivity index (χ1v) is 17.5. The molecule has 4 aromatic rings. The Bertz CT molecular complexity index is 1760. The number of halogens is 1. The molecule has 0 saturated heterocycles. The number of nitrogens with one attached hydrogen (secondary N) is 1. The number of aliphatic hydroxyl groups is 1. The summed E-state index contributed by atoms with van der Waals surface area (Å²) < 4.78 is 2.52. The van der Waals surface area contributed by atoms with Crippen molar-refractivity contribution >= 4 is 39.3 Å². The maximum atomic E-state index is 14.5. The highest BCUT2D eigenvalue weighted by Crippen LogP contribution is 2.29. The summed E-state index contributed by atoms with van der Waals surface area (Å²) >= 11 is 3.46. The summed E-state index contributed by atoms with van der Waals surface area (Å²) in [4.78, 5) is 44.8. The van der Waals surface area contributed by atoms with Gasteiger partial charge in [-0.05, 0) is 79.3 Å². The minimum absolute atomic E-state index is 0.129. The van der Waals surface area contributed by atoms with Gasteiger partial charge < -0.3 is 20.2 Å². The van der Waals surface area contributed by atoms with Crippen LogP contribution in [-0.2, 0) is 24.2 Å². The summed E-state index contributed by atoms with van der Waals surface area (Å²) in [6.07, 6.45) is 4.48. The number of anilines is 1. The van der Waals surface area contributed by atoms with E-state index >= 15 is 0 Å². The van der Waals surface area contributed by atoms with Gasteiger partial charge in [-0.25, -0.2) is 4.68 Å². The zero-order chi connectivity index (χ0) is 34.2. The second-order valence-corrected chi connectivity index (χ2v) is 13.3. The molecule has 0 aliphatic carbocycles. The number of carbonyl (C=O) groups excluding carboxylic acids is 3. The molecule has 5 rings (SSSR count). The fourth-order valence-electron chi connectivity index (χ4n) is 6.15. The maximum absolute atomic E-state index is 14.5. The Balaban J connectivity index is 1.51. The van der Waals surface area contributed by atoms with Gasteiger partial charge in [0.1, 0.15) is 0 Å². The van der Waals surface area contributed by atoms with Gasteiger partial charge in [0.2, 0.25) is 5.91 Å². The Morgan fingerprint density at radius 1 is 0.958 bits per heavy atom. The van der Waals surface area contributed by atoms with Crippen molar-refractivity contribution in [2.24, 2.45) is 0 Å². The van der Waals surface area contributed by atoms with Gasteiger partial charge in [0.15, 0.2) is 5.69 Å². The van der Waals surface area contributed by atoms with Gasteiger partial charge in [0.25, 0.3) is 11.8 Å². The van der Waals surface area contributed by atoms with E-state index in [0.717, 1.165) is 46.8 Å². The summed E-state index contributed by atoms with van der Waals surface area (Å²) in [6.45, 7) is 7.55. The number of fused-ring (bicyclic) bond motifs is 1. The number of hydrogen-bond acceptors (Lipinski definition) is 5. The largest absolute Gasteiger partial charge is 0.394 e. The van der Waals surface area contributed by atoms with E-state index in [1.165, 1.54) is 0 Å². The molecule has 0 bridgehead atoms. The van der Waals surface area contributed by atoms with E-state index in [2.05, 4.69) is 35.1 Å². The molecule has 9 nitrogen and oxygen atoms in total. The minimum atomic E-state index is -0.420. The van der Waals surface area contributed by atoms with E-state index < -0.39 is 6.04 Å². The number of aromatic nitrogens is 2. The standard InChI is InChI=1S/C38H44BrN5O4/c1-4-6-17-42(18-7-5-2)38(48)34-19-26(3)44(41-34)35-16-15-31(40-36(46)21-27-11-10-14-30(39)20-27)23-33(35)37(47)43-24-29-13-9-8-12-28(29)22-32(43)25-45/h8-16,19-20,23,32,45H,4-7,17-18,21-22,24-25H2,1-3H3,(H,40,46)/t32-/m0/s1. The van der Waals surface area contributed by atoms with Crippen LogP contribution in [0.5, 0.6) is 0 Å². The van der Waals surface area contributed by atoms with Crippen molar-refractivity contribution in [3.63, 3.8) is 0 Å². The first-order chi connectivity index (χ1) is 23.2. The van der Waals surface area contributed by atoms with Crippen molar-refractivity contribution in [3.8, 4) is 5.69 Å². The third kappa shape index (κ3) is 8.22. The van der Waals surface area contributed by atoms with Crippen LogP contribution in [0.4, 0.5) is 5.69 Å². The second kappa shape index (κ2) is 16.2. The zero-order valence-electron chi connectivity index (χ0n) is 27.9. The van der Waals surface area contributed by atoms with Crippen molar-refractivity contribution in [1.29, 1.82) is 0 Å². The van der Waals surface area contributed by atoms with Gasteiger partial charge in [-0.15, -0.1) is 0 Å². The van der Waals surface area contributed by atoms with Crippen LogP contribution in [0.2, 0.25) is 0 Å². The zero-order valence-corrected chi connectivity index (χ0v) is 29.5. The third-order valence-electron chi connectivity index (χ3n) is 8.78. The van der Waals surface area contributed by atoms with Crippen molar-refractivity contribution < 1.29 is 19.5 Å². The van der Waals surface area contributed by atoms with Gasteiger partial charge in [0.05, 0.1) is 30.3 Å². The van der Waals surface area contributed by atoms with Crippen molar-refractivity contribution in [1.82, 2.24) is 19.6 Å². The molecule has 1 aromatic heterocycles. The van der Waals surface area contributed by atoms with E-state index in [0.29, 0.717) is 54.4 Å². The molecule has 1 atom stereocenters. The molecule has 48 heavy (non-hydrogen) atoms. The second-order valence-electron chi connectivity index (χ2n) is 12.4. The molecule has 3 aromatic carbocycles. The van der Waals surface area contributed by atoms with E-state index in [1.807, 2.05) is 60.4 Å². The van der Waals surface area contributed by atoms with Crippen molar-refractivity contribution in [3.05, 3.63) is 111 Å². The van der Waals surface area contributed by atoms with Crippen LogP contribution in [0.25, 0.3) is 5.69 Å². The average Bonchev–Trinajstić information content (AvgIpc) is 3.48. The van der Waals surface area contributed by atoms with Crippen LogP contribution >= 0.6 is 15.9 Å². The molecule has 0 radical (unpaired) electrons. The summed E-state index contributed by atoms with van der Waals surface area (Å²) in [6, 6.07) is 22.0. The Hall–Kier alpha value is -4.28. The number of hydrogen-bond donors (Lipinski definition) is 2. The molecule has 252 valence electrons. The number of benzene rings is 3. The number of nitrogens with zero attached hydrogens (tertiary/aromatic N) is 4. The molecule has 1 aliphatic heterocycles. The molecule has 0 spiro atoms. The summed E-state index contributed by atoms with van der Waals surface area (Å²) in [5.41, 5.74) is 5.28. The number of aryl methyl sites for hydroxylation is 1. The Morgan fingerprint density at radius 2 is 1.69 bits per heavy atom. The lowest BCUT2D eigenvalue weighted by atomic mass is 9.93. The SMILES string of the molecule is CCCCN(CCCC)C(=O)c1cc(C)n(-c2ccc(NC(=O)Cc3cccc(Br)c3)cc2C(=O)N2Cc3ccccc3C[C@H]2CO)n1. The number of amides is 3. The summed E-state index contributed by atoms with van der Waals surface area (Å²) in [5, 5.41) is 18.1. The smallest absolute Gasteiger partial charge is 0.274 e. The lowest BCUT2D eigenvalue weighted by Crippen LogP contribution is -2.46. The van der Waals surface area contributed by atoms with Gasteiger partial charge in [-0.3, -0.25) is 14.4 Å². The van der Waals surface area contributed by atoms with Crippen LogP contribution < -0.4 is 5.32 Å². The fourth-order valence-corrected chi connectivity index (χ4v) is 6.59. The van der Waals surface area contributed by atoms with Gasteiger partial charge >= 0.3 is 0 Å². The first kappa shape index (κ1) is 35.0. The monoisotopic (exact) mass is 713 g/mol. The van der Waals surface area contributed by atoms with Crippen LogP contribution in [0.15, 0.2) is 77.3 Å². The predicted octanol–water partition coefficient (Wildman–Crippen LogP) is 6.73. The van der Waals surface area contributed by atoms with E-state index in [1.54, 1.807) is 33.8 Å². The number of rotatable bonds is 13. The number of carbonyl (C=O) groups is 3. The molecule has 2 N–H and O–H groups in total. The topological polar surface area (TPSA) is 108 Å². The highest BCUT2D eigenvalue weighted by Gasteiger charge is 2.32. The molecule has 2 heterocycles. The molecule has 0 fully saturated rings. The number of unbranched alkanes of at least 4 members (excludes halogenated alkanes) is 2. The molecule has 3 amide bonds. The highest BCUT2D eigenvalue weighted by molar-refractivity contribution is 9.10. The predicted molar refractivity (Wildman–Crippen MR) is 191 cm³/mol. The molecule has 0 unspecified atom stereocenters. The number of aliphatic hydroxyl groups excluding tert-OH is 1.